The molecule has 0 aliphatic rings. The maximum Gasteiger partial charge on any atom is 0.151 e. The first kappa shape index (κ1) is 12.5. The van der Waals surface area contributed by atoms with Crippen molar-refractivity contribution in [2.24, 2.45) is 0 Å². The third-order valence-corrected chi connectivity index (χ3v) is 1.39. The third kappa shape index (κ3) is 4.91. The normalized spacial score (nSPS) is 18.3. The van der Waals surface area contributed by atoms with Gasteiger partial charge in [0.15, 0.2) is 6.29 Å². The standard InChI is InChI=1S/C7H15NO5/c1-8(2)13-4-6(11)7(12)5(10)3-9/h3,5-7,10-12H,4H2,1-2H3/t5-,6+,7-/m0/s1. The van der Waals surface area contributed by atoms with Crippen LogP contribution in [0.4, 0.5) is 0 Å². The topological polar surface area (TPSA) is 90.2 Å². The minimum atomic E-state index is -1.58. The van der Waals surface area contributed by atoms with Crippen molar-refractivity contribution < 1.29 is 25.0 Å². The van der Waals surface area contributed by atoms with E-state index in [0.717, 1.165) is 0 Å². The Morgan fingerprint density at radius 3 is 2.31 bits per heavy atom. The second-order valence-corrected chi connectivity index (χ2v) is 2.79. The van der Waals surface area contributed by atoms with Crippen LogP contribution in [0.5, 0.6) is 0 Å². The molecule has 0 aromatic carbocycles. The number of hydroxylamine groups is 2. The zero-order valence-corrected chi connectivity index (χ0v) is 7.62. The Labute approximate surface area is 76.3 Å². The first-order chi connectivity index (χ1) is 5.99. The van der Waals surface area contributed by atoms with Crippen LogP contribution in [0.25, 0.3) is 0 Å². The number of carbonyl (C=O) groups is 1. The van der Waals surface area contributed by atoms with Gasteiger partial charge in [0.2, 0.25) is 0 Å². The molecule has 3 N–H and O–H groups in total. The number of aldehydes is 1. The predicted octanol–water partition coefficient (Wildman–Crippen LogP) is -2.24. The molecule has 0 saturated carbocycles. The molecule has 0 saturated heterocycles. The minimum absolute atomic E-state index is 0.156. The lowest BCUT2D eigenvalue weighted by Gasteiger charge is -2.20. The maximum absolute atomic E-state index is 10.0. The van der Waals surface area contributed by atoms with E-state index in [0.29, 0.717) is 0 Å². The highest BCUT2D eigenvalue weighted by atomic mass is 16.7. The summed E-state index contributed by atoms with van der Waals surface area (Å²) >= 11 is 0. The number of aliphatic hydroxyl groups is 3. The SMILES string of the molecule is CN(C)OC[C@@H](O)[C@@H](O)[C@@H](O)C=O. The smallest absolute Gasteiger partial charge is 0.151 e. The number of hydrogen-bond acceptors (Lipinski definition) is 6. The first-order valence-corrected chi connectivity index (χ1v) is 3.78. The molecular weight excluding hydrogens is 178 g/mol. The third-order valence-electron chi connectivity index (χ3n) is 1.39. The summed E-state index contributed by atoms with van der Waals surface area (Å²) in [4.78, 5) is 14.8. The van der Waals surface area contributed by atoms with Crippen molar-refractivity contribution >= 4 is 6.29 Å². The highest BCUT2D eigenvalue weighted by Crippen LogP contribution is 1.99. The van der Waals surface area contributed by atoms with Crippen molar-refractivity contribution in [3.8, 4) is 0 Å². The van der Waals surface area contributed by atoms with Crippen LogP contribution in [0.15, 0.2) is 0 Å². The Morgan fingerprint density at radius 2 is 1.92 bits per heavy atom. The highest BCUT2D eigenvalue weighted by molar-refractivity contribution is 5.56. The summed E-state index contributed by atoms with van der Waals surface area (Å²) in [7, 11) is 3.21. The van der Waals surface area contributed by atoms with Gasteiger partial charge in [0, 0.05) is 14.1 Å². The molecule has 0 unspecified atom stereocenters. The number of aliphatic hydroxyl groups excluding tert-OH is 3. The van der Waals surface area contributed by atoms with Crippen LogP contribution in [0.1, 0.15) is 0 Å². The fraction of sp³-hybridized carbons (Fsp3) is 0.857. The molecule has 0 fully saturated rings. The van der Waals surface area contributed by atoms with Gasteiger partial charge in [-0.05, 0) is 0 Å². The van der Waals surface area contributed by atoms with Crippen LogP contribution in [0, 0.1) is 0 Å². The van der Waals surface area contributed by atoms with Gasteiger partial charge in [-0.15, -0.1) is 0 Å². The van der Waals surface area contributed by atoms with Crippen LogP contribution in [-0.4, -0.2) is 65.7 Å². The lowest BCUT2D eigenvalue weighted by molar-refractivity contribution is -0.170. The second-order valence-electron chi connectivity index (χ2n) is 2.79. The summed E-state index contributed by atoms with van der Waals surface area (Å²) in [6, 6.07) is 0. The van der Waals surface area contributed by atoms with E-state index in [1.54, 1.807) is 14.1 Å². The molecule has 0 amide bonds. The molecule has 0 aliphatic carbocycles. The zero-order valence-electron chi connectivity index (χ0n) is 7.62. The largest absolute Gasteiger partial charge is 0.388 e. The van der Waals surface area contributed by atoms with E-state index in [1.807, 2.05) is 0 Å². The van der Waals surface area contributed by atoms with E-state index in [9.17, 15) is 4.79 Å². The molecule has 0 bridgehead atoms. The molecule has 0 aromatic heterocycles. The van der Waals surface area contributed by atoms with Gasteiger partial charge in [-0.2, -0.15) is 5.06 Å². The molecular formula is C7H15NO5. The number of hydrogen-bond donors (Lipinski definition) is 3. The minimum Gasteiger partial charge on any atom is -0.388 e. The highest BCUT2D eigenvalue weighted by Gasteiger charge is 2.24. The average molecular weight is 193 g/mol. The van der Waals surface area contributed by atoms with Gasteiger partial charge in [0.25, 0.3) is 0 Å². The summed E-state index contributed by atoms with van der Waals surface area (Å²) in [5, 5.41) is 28.4. The lowest BCUT2D eigenvalue weighted by atomic mass is 10.1. The predicted molar refractivity (Wildman–Crippen MR) is 43.7 cm³/mol. The van der Waals surface area contributed by atoms with Crippen LogP contribution in [-0.2, 0) is 9.63 Å². The van der Waals surface area contributed by atoms with Gasteiger partial charge in [-0.3, -0.25) is 4.84 Å². The van der Waals surface area contributed by atoms with Crippen molar-refractivity contribution in [1.82, 2.24) is 5.06 Å². The van der Waals surface area contributed by atoms with E-state index >= 15 is 0 Å². The van der Waals surface area contributed by atoms with E-state index in [1.165, 1.54) is 5.06 Å². The van der Waals surface area contributed by atoms with Crippen molar-refractivity contribution in [3.63, 3.8) is 0 Å². The summed E-state index contributed by atoms with van der Waals surface area (Å²) in [5.74, 6) is 0. The molecule has 78 valence electrons. The first-order valence-electron chi connectivity index (χ1n) is 3.78. The van der Waals surface area contributed by atoms with Crippen LogP contribution in [0.2, 0.25) is 0 Å². The summed E-state index contributed by atoms with van der Waals surface area (Å²) in [5.41, 5.74) is 0. The average Bonchev–Trinajstić information content (AvgIpc) is 2.11. The van der Waals surface area contributed by atoms with Gasteiger partial charge in [-0.25, -0.2) is 0 Å². The van der Waals surface area contributed by atoms with Gasteiger partial charge in [0.1, 0.15) is 18.3 Å². The Morgan fingerprint density at radius 1 is 1.38 bits per heavy atom. The van der Waals surface area contributed by atoms with Crippen molar-refractivity contribution in [2.75, 3.05) is 20.7 Å². The van der Waals surface area contributed by atoms with Gasteiger partial charge in [0.05, 0.1) is 6.61 Å². The molecule has 6 nitrogen and oxygen atoms in total. The van der Waals surface area contributed by atoms with Crippen molar-refractivity contribution in [1.29, 1.82) is 0 Å². The second kappa shape index (κ2) is 6.01. The van der Waals surface area contributed by atoms with E-state index < -0.39 is 18.3 Å². The van der Waals surface area contributed by atoms with E-state index in [2.05, 4.69) is 0 Å². The Bertz CT molecular complexity index is 152. The number of carbonyl (C=O) groups excluding carboxylic acids is 1. The number of nitrogens with zero attached hydrogens (tertiary/aromatic N) is 1. The van der Waals surface area contributed by atoms with Gasteiger partial charge >= 0.3 is 0 Å². The fourth-order valence-electron chi connectivity index (χ4n) is 0.632. The lowest BCUT2D eigenvalue weighted by Crippen LogP contribution is -2.41. The molecule has 0 heterocycles. The molecule has 6 heteroatoms. The van der Waals surface area contributed by atoms with Crippen LogP contribution >= 0.6 is 0 Å². The summed E-state index contributed by atoms with van der Waals surface area (Å²) in [6.45, 7) is -0.181. The number of rotatable bonds is 6. The Kier molecular flexibility index (Phi) is 5.76. The Balaban J connectivity index is 3.81. The van der Waals surface area contributed by atoms with Crippen LogP contribution in [0.3, 0.4) is 0 Å². The molecule has 0 aromatic rings. The fourth-order valence-corrected chi connectivity index (χ4v) is 0.632. The van der Waals surface area contributed by atoms with Gasteiger partial charge in [-0.1, -0.05) is 0 Å². The quantitative estimate of drug-likeness (QED) is 0.326. The molecule has 0 radical (unpaired) electrons. The van der Waals surface area contributed by atoms with E-state index in [-0.39, 0.29) is 12.9 Å². The monoisotopic (exact) mass is 193 g/mol. The molecule has 0 spiro atoms. The zero-order chi connectivity index (χ0) is 10.4. The van der Waals surface area contributed by atoms with Gasteiger partial charge < -0.3 is 20.1 Å². The Hall–Kier alpha value is -0.530. The molecule has 13 heavy (non-hydrogen) atoms. The summed E-state index contributed by atoms with van der Waals surface area (Å²) in [6.07, 6.45) is -4.23. The van der Waals surface area contributed by atoms with Crippen LogP contribution < -0.4 is 0 Å². The summed E-state index contributed by atoms with van der Waals surface area (Å²) < 4.78 is 0. The molecule has 3 atom stereocenters. The molecule has 0 aliphatic heterocycles. The maximum atomic E-state index is 10.0. The van der Waals surface area contributed by atoms with Crippen molar-refractivity contribution in [3.05, 3.63) is 0 Å². The van der Waals surface area contributed by atoms with Crippen molar-refractivity contribution in [2.45, 2.75) is 18.3 Å². The van der Waals surface area contributed by atoms with E-state index in [4.69, 9.17) is 20.2 Å². The molecule has 0 rings (SSSR count).